The van der Waals surface area contributed by atoms with Crippen LogP contribution in [0.2, 0.25) is 0 Å². The Morgan fingerprint density at radius 3 is 2.17 bits per heavy atom. The molecule has 1 aromatic rings. The summed E-state index contributed by atoms with van der Waals surface area (Å²) in [5, 5.41) is 0. The molecule has 102 valence electrons. The van der Waals surface area contributed by atoms with Gasteiger partial charge in [-0.3, -0.25) is 9.71 Å². The third-order valence-corrected chi connectivity index (χ3v) is 3.47. The second-order valence-electron chi connectivity index (χ2n) is 3.48. The number of nitrogens with one attached hydrogen (secondary N) is 1. The quantitative estimate of drug-likeness (QED) is 0.678. The number of aryl methyl sites for hydroxylation is 1. The summed E-state index contributed by atoms with van der Waals surface area (Å²) in [6, 6.07) is 6.69. The van der Waals surface area contributed by atoms with Gasteiger partial charge in [0.1, 0.15) is 5.84 Å². The Morgan fingerprint density at radius 1 is 1.22 bits per heavy atom. The molecule has 0 fully saturated rings. The van der Waals surface area contributed by atoms with Crippen molar-refractivity contribution in [2.24, 2.45) is 4.99 Å². The number of nitrogens with zero attached hydrogens (tertiary/aromatic N) is 1. The summed E-state index contributed by atoms with van der Waals surface area (Å²) >= 11 is 0. The average Bonchev–Trinajstić information content (AvgIpc) is 2.31. The standard InChI is InChI=1S/C11H16N2O2S.C2H6/c1-4-12-10(3)13-16(14,15)11-7-5-9(2)6-8-11;1-2/h5-8H,4H2,1-3H3,(H,12,13);1-2H3. The van der Waals surface area contributed by atoms with Crippen LogP contribution in [-0.4, -0.2) is 20.8 Å². The first kappa shape index (κ1) is 16.6. The summed E-state index contributed by atoms with van der Waals surface area (Å²) in [7, 11) is -3.48. The van der Waals surface area contributed by atoms with Gasteiger partial charge < -0.3 is 0 Å². The van der Waals surface area contributed by atoms with Crippen molar-refractivity contribution >= 4 is 15.9 Å². The molecule has 1 N–H and O–H groups in total. The van der Waals surface area contributed by atoms with Gasteiger partial charge in [-0.15, -0.1) is 0 Å². The molecule has 0 aliphatic rings. The summed E-state index contributed by atoms with van der Waals surface area (Å²) in [5.41, 5.74) is 1.03. The summed E-state index contributed by atoms with van der Waals surface area (Å²) < 4.78 is 26.1. The highest BCUT2D eigenvalue weighted by molar-refractivity contribution is 7.90. The first-order chi connectivity index (χ1) is 8.45. The molecule has 0 amide bonds. The Labute approximate surface area is 110 Å². The lowest BCUT2D eigenvalue weighted by atomic mass is 10.2. The van der Waals surface area contributed by atoms with E-state index in [1.54, 1.807) is 31.2 Å². The van der Waals surface area contributed by atoms with E-state index in [9.17, 15) is 8.42 Å². The highest BCUT2D eigenvalue weighted by Crippen LogP contribution is 2.09. The Balaban J connectivity index is 0.00000137. The van der Waals surface area contributed by atoms with Gasteiger partial charge in [0.05, 0.1) is 4.90 Å². The molecule has 0 aliphatic heterocycles. The summed E-state index contributed by atoms with van der Waals surface area (Å²) in [6.07, 6.45) is 0. The summed E-state index contributed by atoms with van der Waals surface area (Å²) in [4.78, 5) is 4.23. The van der Waals surface area contributed by atoms with Crippen molar-refractivity contribution in [2.45, 2.75) is 39.5 Å². The molecule has 0 aromatic heterocycles. The van der Waals surface area contributed by atoms with Gasteiger partial charge in [0.15, 0.2) is 0 Å². The van der Waals surface area contributed by atoms with Gasteiger partial charge in [0.25, 0.3) is 10.0 Å². The molecular weight excluding hydrogens is 248 g/mol. The van der Waals surface area contributed by atoms with E-state index in [0.29, 0.717) is 12.4 Å². The van der Waals surface area contributed by atoms with Crippen LogP contribution in [0.25, 0.3) is 0 Å². The molecule has 0 aliphatic carbocycles. The van der Waals surface area contributed by atoms with Crippen molar-refractivity contribution in [3.05, 3.63) is 29.8 Å². The Hall–Kier alpha value is -1.36. The number of hydrogen-bond donors (Lipinski definition) is 1. The van der Waals surface area contributed by atoms with Gasteiger partial charge in [-0.1, -0.05) is 31.5 Å². The predicted octanol–water partition coefficient (Wildman–Crippen LogP) is 2.74. The SMILES string of the molecule is CC.CCN=C(C)NS(=O)(=O)c1ccc(C)cc1. The van der Waals surface area contributed by atoms with E-state index in [1.807, 2.05) is 27.7 Å². The molecule has 0 unspecified atom stereocenters. The molecule has 0 heterocycles. The minimum absolute atomic E-state index is 0.253. The van der Waals surface area contributed by atoms with Gasteiger partial charge in [-0.25, -0.2) is 8.42 Å². The van der Waals surface area contributed by atoms with Crippen molar-refractivity contribution in [1.82, 2.24) is 4.72 Å². The smallest absolute Gasteiger partial charge is 0.262 e. The highest BCUT2D eigenvalue weighted by atomic mass is 32.2. The van der Waals surface area contributed by atoms with Crippen molar-refractivity contribution in [1.29, 1.82) is 0 Å². The molecule has 4 nitrogen and oxygen atoms in total. The van der Waals surface area contributed by atoms with Crippen LogP contribution >= 0.6 is 0 Å². The molecule has 0 atom stereocenters. The van der Waals surface area contributed by atoms with Crippen molar-refractivity contribution in [2.75, 3.05) is 6.54 Å². The van der Waals surface area contributed by atoms with E-state index in [2.05, 4.69) is 9.71 Å². The molecule has 1 aromatic carbocycles. The van der Waals surface area contributed by atoms with E-state index < -0.39 is 10.0 Å². The van der Waals surface area contributed by atoms with Gasteiger partial charge in [0.2, 0.25) is 0 Å². The minimum atomic E-state index is -3.48. The van der Waals surface area contributed by atoms with E-state index in [4.69, 9.17) is 0 Å². The maximum absolute atomic E-state index is 11.8. The van der Waals surface area contributed by atoms with Crippen molar-refractivity contribution in [3.8, 4) is 0 Å². The van der Waals surface area contributed by atoms with Gasteiger partial charge >= 0.3 is 0 Å². The fraction of sp³-hybridized carbons (Fsp3) is 0.462. The fourth-order valence-corrected chi connectivity index (χ4v) is 2.31. The zero-order valence-electron chi connectivity index (χ0n) is 11.7. The zero-order valence-corrected chi connectivity index (χ0v) is 12.5. The number of hydrogen-bond acceptors (Lipinski definition) is 3. The first-order valence-electron chi connectivity index (χ1n) is 6.06. The molecule has 0 spiro atoms. The third-order valence-electron chi connectivity index (χ3n) is 2.01. The molecule has 18 heavy (non-hydrogen) atoms. The minimum Gasteiger partial charge on any atom is -0.272 e. The Bertz CT molecular complexity index is 476. The second-order valence-corrected chi connectivity index (χ2v) is 5.16. The lowest BCUT2D eigenvalue weighted by molar-refractivity contribution is 0.592. The zero-order chi connectivity index (χ0) is 14.2. The van der Waals surface area contributed by atoms with Crippen LogP contribution in [0.4, 0.5) is 0 Å². The van der Waals surface area contributed by atoms with E-state index >= 15 is 0 Å². The topological polar surface area (TPSA) is 58.5 Å². The molecule has 0 bridgehead atoms. The van der Waals surface area contributed by atoms with Gasteiger partial charge in [-0.2, -0.15) is 0 Å². The van der Waals surface area contributed by atoms with E-state index in [0.717, 1.165) is 5.56 Å². The van der Waals surface area contributed by atoms with Crippen LogP contribution in [0.15, 0.2) is 34.2 Å². The second kappa shape index (κ2) is 7.87. The van der Waals surface area contributed by atoms with Crippen LogP contribution in [0.1, 0.15) is 33.3 Å². The molecule has 1 rings (SSSR count). The largest absolute Gasteiger partial charge is 0.272 e. The number of benzene rings is 1. The average molecular weight is 270 g/mol. The van der Waals surface area contributed by atoms with Crippen molar-refractivity contribution in [3.63, 3.8) is 0 Å². The number of aliphatic imine (C=N–C) groups is 1. The predicted molar refractivity (Wildman–Crippen MR) is 76.5 cm³/mol. The molecule has 0 saturated heterocycles. The van der Waals surface area contributed by atoms with Gasteiger partial charge in [0, 0.05) is 6.54 Å². The van der Waals surface area contributed by atoms with Crippen molar-refractivity contribution < 1.29 is 8.42 Å². The fourth-order valence-electron chi connectivity index (χ4n) is 1.24. The summed E-state index contributed by atoms with van der Waals surface area (Å²) in [5.74, 6) is 0.406. The summed E-state index contributed by atoms with van der Waals surface area (Å²) in [6.45, 7) is 9.95. The molecule has 0 saturated carbocycles. The first-order valence-corrected chi connectivity index (χ1v) is 7.54. The molecule has 0 radical (unpaired) electrons. The maximum atomic E-state index is 11.8. The van der Waals surface area contributed by atoms with Crippen LogP contribution in [0, 0.1) is 6.92 Å². The third kappa shape index (κ3) is 5.31. The highest BCUT2D eigenvalue weighted by Gasteiger charge is 2.13. The van der Waals surface area contributed by atoms with E-state index in [-0.39, 0.29) is 4.90 Å². The Kier molecular flexibility index (Phi) is 7.27. The Morgan fingerprint density at radius 2 is 1.72 bits per heavy atom. The van der Waals surface area contributed by atoms with Crippen LogP contribution in [-0.2, 0) is 10.0 Å². The maximum Gasteiger partial charge on any atom is 0.262 e. The number of sulfonamides is 1. The van der Waals surface area contributed by atoms with Crippen LogP contribution < -0.4 is 4.72 Å². The number of amidine groups is 1. The van der Waals surface area contributed by atoms with Gasteiger partial charge in [-0.05, 0) is 32.9 Å². The number of rotatable bonds is 3. The van der Waals surface area contributed by atoms with Crippen LogP contribution in [0.3, 0.4) is 0 Å². The van der Waals surface area contributed by atoms with E-state index in [1.165, 1.54) is 0 Å². The molecular formula is C13H22N2O2S. The van der Waals surface area contributed by atoms with Crippen LogP contribution in [0.5, 0.6) is 0 Å². The monoisotopic (exact) mass is 270 g/mol. The lowest BCUT2D eigenvalue weighted by Gasteiger charge is -2.07. The lowest BCUT2D eigenvalue weighted by Crippen LogP contribution is -2.28. The normalized spacial score (nSPS) is 11.5. The molecule has 5 heteroatoms.